The third-order valence-corrected chi connectivity index (χ3v) is 10.1. The monoisotopic (exact) mass is 515 g/mol. The molecule has 10 atom stereocenters. The summed E-state index contributed by atoms with van der Waals surface area (Å²) in [5.41, 5.74) is 0.288. The second-order valence-electron chi connectivity index (χ2n) is 8.85. The van der Waals surface area contributed by atoms with E-state index in [1.54, 1.807) is 13.8 Å². The molecule has 6 rings (SSSR count). The van der Waals surface area contributed by atoms with E-state index in [1.807, 2.05) is 18.2 Å². The van der Waals surface area contributed by atoms with Crippen LogP contribution in [0.15, 0.2) is 35.5 Å². The first-order valence-corrected chi connectivity index (χ1v) is 12.6. The van der Waals surface area contributed by atoms with E-state index in [0.717, 1.165) is 0 Å². The first kappa shape index (κ1) is 20.6. The van der Waals surface area contributed by atoms with E-state index in [9.17, 15) is 9.90 Å². The van der Waals surface area contributed by atoms with Crippen molar-refractivity contribution in [3.63, 3.8) is 0 Å². The maximum atomic E-state index is 13.0. The Labute approximate surface area is 190 Å². The van der Waals surface area contributed by atoms with E-state index in [4.69, 9.17) is 35.4 Å². The van der Waals surface area contributed by atoms with E-state index in [0.29, 0.717) is 0 Å². The van der Waals surface area contributed by atoms with Gasteiger partial charge in [-0.05, 0) is 0 Å². The molecule has 0 radical (unpaired) electrons. The number of nitrogens with zero attached hydrogens (tertiary/aromatic N) is 1. The third-order valence-electron chi connectivity index (χ3n) is 6.41. The molecule has 5 heterocycles. The Morgan fingerprint density at radius 2 is 1.87 bits per heavy atom. The molecule has 4 fully saturated rings. The Kier molecular flexibility index (Phi) is 4.80. The third kappa shape index (κ3) is 3.14. The summed E-state index contributed by atoms with van der Waals surface area (Å²) in [5.74, 6) is -1.71. The van der Waals surface area contributed by atoms with Gasteiger partial charge >= 0.3 is 190 Å². The number of aliphatic hydroxyl groups is 1. The topological polar surface area (TPSA) is 95.8 Å². The van der Waals surface area contributed by atoms with Crippen LogP contribution in [0.3, 0.4) is 0 Å². The van der Waals surface area contributed by atoms with E-state index in [-0.39, 0.29) is 31.3 Å². The van der Waals surface area contributed by atoms with E-state index >= 15 is 0 Å². The van der Waals surface area contributed by atoms with E-state index in [1.165, 1.54) is 4.46 Å². The van der Waals surface area contributed by atoms with Crippen molar-refractivity contribution in [2.75, 3.05) is 0 Å². The minimum absolute atomic E-state index is 0.00354. The molecule has 0 aliphatic carbocycles. The number of benzene rings is 1. The van der Waals surface area contributed by atoms with Gasteiger partial charge in [-0.3, -0.25) is 0 Å². The average Bonchev–Trinajstić information content (AvgIpc) is 3.49. The molecule has 8 nitrogen and oxygen atoms in total. The molecular formula is C21H22ClNO7Se. The van der Waals surface area contributed by atoms with Crippen molar-refractivity contribution < 1.29 is 33.7 Å². The van der Waals surface area contributed by atoms with Gasteiger partial charge in [0.25, 0.3) is 0 Å². The number of hydrogen-bond donors (Lipinski definition) is 1. The van der Waals surface area contributed by atoms with Gasteiger partial charge in [-0.25, -0.2) is 0 Å². The summed E-state index contributed by atoms with van der Waals surface area (Å²) >= 11 is 6.60. The van der Waals surface area contributed by atoms with E-state index < -0.39 is 60.0 Å². The zero-order valence-electron chi connectivity index (χ0n) is 16.8. The number of aliphatic hydroxyl groups excluding tert-OH is 1. The molecule has 5 aliphatic heterocycles. The summed E-state index contributed by atoms with van der Waals surface area (Å²) in [5, 5.41) is 14.9. The summed E-state index contributed by atoms with van der Waals surface area (Å²) in [6.07, 6.45) is -4.55. The van der Waals surface area contributed by atoms with Crippen molar-refractivity contribution in [2.45, 2.75) is 72.7 Å². The Bertz CT molecular complexity index is 930. The van der Waals surface area contributed by atoms with Crippen molar-refractivity contribution in [1.29, 1.82) is 0 Å². The average molecular weight is 515 g/mol. The number of oxime groups is 1. The van der Waals surface area contributed by atoms with Gasteiger partial charge in [0.05, 0.1) is 0 Å². The second-order valence-corrected chi connectivity index (χ2v) is 12.0. The summed E-state index contributed by atoms with van der Waals surface area (Å²) in [6.45, 7) is 3.61. The molecule has 166 valence electrons. The number of hydrogen-bond acceptors (Lipinski definition) is 8. The van der Waals surface area contributed by atoms with Crippen LogP contribution >= 0.6 is 11.6 Å². The number of alkyl halides is 1. The van der Waals surface area contributed by atoms with Crippen LogP contribution in [0.5, 0.6) is 0 Å². The van der Waals surface area contributed by atoms with Crippen molar-refractivity contribution in [3.8, 4) is 0 Å². The van der Waals surface area contributed by atoms with Gasteiger partial charge in [-0.2, -0.15) is 0 Å². The molecule has 1 aromatic rings. The summed E-state index contributed by atoms with van der Waals surface area (Å²) in [6, 6.07) is 10.0. The van der Waals surface area contributed by atoms with Crippen LogP contribution in [0.1, 0.15) is 13.8 Å². The molecule has 1 N–H and O–H groups in total. The predicted molar refractivity (Wildman–Crippen MR) is 109 cm³/mol. The van der Waals surface area contributed by atoms with Gasteiger partial charge in [0, 0.05) is 0 Å². The van der Waals surface area contributed by atoms with Crippen LogP contribution in [0.4, 0.5) is 0 Å². The molecular weight excluding hydrogens is 493 g/mol. The van der Waals surface area contributed by atoms with Gasteiger partial charge in [-0.1, -0.05) is 0 Å². The van der Waals surface area contributed by atoms with Crippen molar-refractivity contribution >= 4 is 42.5 Å². The number of halogens is 1. The molecule has 0 amide bonds. The van der Waals surface area contributed by atoms with Crippen molar-refractivity contribution in [1.82, 2.24) is 0 Å². The summed E-state index contributed by atoms with van der Waals surface area (Å²) in [4.78, 5) is 18.5. The molecule has 1 aromatic carbocycles. The molecule has 2 bridgehead atoms. The van der Waals surface area contributed by atoms with Crippen molar-refractivity contribution in [3.05, 3.63) is 30.3 Å². The molecule has 4 saturated heterocycles. The fraction of sp³-hybridized carbons (Fsp3) is 0.619. The summed E-state index contributed by atoms with van der Waals surface area (Å²) < 4.78 is 24.7. The van der Waals surface area contributed by atoms with Crippen molar-refractivity contribution in [2.24, 2.45) is 11.1 Å². The maximum absolute atomic E-state index is 13.0. The number of carbonyl (C=O) groups is 1. The zero-order valence-corrected chi connectivity index (χ0v) is 19.3. The van der Waals surface area contributed by atoms with Crippen LogP contribution in [-0.2, 0) is 28.6 Å². The van der Waals surface area contributed by atoms with Gasteiger partial charge in [0.1, 0.15) is 0 Å². The van der Waals surface area contributed by atoms with Gasteiger partial charge in [0.15, 0.2) is 0 Å². The predicted octanol–water partition coefficient (Wildman–Crippen LogP) is 0.370. The van der Waals surface area contributed by atoms with Crippen LogP contribution in [0.2, 0.25) is 4.82 Å². The Morgan fingerprint density at radius 1 is 1.10 bits per heavy atom. The molecule has 0 unspecified atom stereocenters. The van der Waals surface area contributed by atoms with Crippen LogP contribution in [0, 0.1) is 5.92 Å². The Morgan fingerprint density at radius 3 is 2.61 bits per heavy atom. The van der Waals surface area contributed by atoms with Crippen LogP contribution in [-0.4, -0.2) is 85.6 Å². The second kappa shape index (κ2) is 7.23. The Hall–Kier alpha value is -1.03. The van der Waals surface area contributed by atoms with Gasteiger partial charge in [-0.15, -0.1) is 0 Å². The fourth-order valence-electron chi connectivity index (χ4n) is 5.08. The fourth-order valence-corrected chi connectivity index (χ4v) is 8.33. The minimum atomic E-state index is -1.18. The van der Waals surface area contributed by atoms with Gasteiger partial charge in [0.2, 0.25) is 0 Å². The molecule has 5 aliphatic rings. The Balaban J connectivity index is 1.21. The quantitative estimate of drug-likeness (QED) is 0.458. The van der Waals surface area contributed by atoms with Crippen LogP contribution in [0.25, 0.3) is 0 Å². The number of rotatable bonds is 4. The standard InChI is InChI=1S/C21H22ClNO7Se/c1-21(2)28-18-17-16(27-20(18)29-21)11(23-30-17)12(24)9-13(25)15-10(22)19(14(9)26-15)31-8-6-4-3-5-7-8/h3-7,9-10,12,14-20,24H,1-2H3/t9-,10-,12-,14-,15-,16-,17+,18-,19+,20-/m1/s1. The zero-order chi connectivity index (χ0) is 21.5. The first-order chi connectivity index (χ1) is 14.8. The van der Waals surface area contributed by atoms with E-state index in [2.05, 4.69) is 17.3 Å². The summed E-state index contributed by atoms with van der Waals surface area (Å²) in [7, 11) is 0. The molecule has 0 spiro atoms. The van der Waals surface area contributed by atoms with Gasteiger partial charge < -0.3 is 0 Å². The number of fused-ring (bicyclic) bond motifs is 5. The SMILES string of the molecule is CC1(C)O[C@H]2O[C@@H]3C([C@H](O)[C@@H]4C(=O)[C@@H]5O[C@H]4[C@@H]([Se]c4ccccc4)[C@@H]5Cl)=NO[C@@H]3[C@H]2O1. The molecule has 0 saturated carbocycles. The molecule has 10 heteroatoms. The first-order valence-electron chi connectivity index (χ1n) is 10.3. The number of Topliss-reactive ketones (excluding diaryl/α,β-unsaturated/α-hetero) is 1. The molecule has 0 aromatic heterocycles. The van der Waals surface area contributed by atoms with Crippen LogP contribution < -0.4 is 4.46 Å². The number of ketones is 1. The normalized spacial score (nSPS) is 45.4. The number of ether oxygens (including phenoxy) is 4. The molecule has 31 heavy (non-hydrogen) atoms. The number of carbonyl (C=O) groups excluding carboxylic acids is 1.